The summed E-state index contributed by atoms with van der Waals surface area (Å²) in [5.74, 6) is -0.279. The van der Waals surface area contributed by atoms with Crippen molar-refractivity contribution in [2.75, 3.05) is 12.9 Å². The van der Waals surface area contributed by atoms with Gasteiger partial charge in [0.2, 0.25) is 5.91 Å². The van der Waals surface area contributed by atoms with Crippen LogP contribution in [0.4, 0.5) is 0 Å². The molecule has 0 saturated heterocycles. The van der Waals surface area contributed by atoms with Crippen molar-refractivity contribution in [3.63, 3.8) is 0 Å². The van der Waals surface area contributed by atoms with Crippen molar-refractivity contribution in [2.24, 2.45) is 0 Å². The summed E-state index contributed by atoms with van der Waals surface area (Å²) >= 11 is 10.6. The lowest BCUT2D eigenvalue weighted by Gasteiger charge is -2.10. The molecule has 0 spiro atoms. The van der Waals surface area contributed by atoms with Gasteiger partial charge in [0, 0.05) is 14.4 Å². The highest BCUT2D eigenvalue weighted by molar-refractivity contribution is 9.10. The number of hydrogen-bond donors (Lipinski definition) is 2. The van der Waals surface area contributed by atoms with Gasteiger partial charge in [-0.3, -0.25) is 20.4 Å². The monoisotopic (exact) mass is 428 g/mol. The minimum absolute atomic E-state index is 0.175. The van der Waals surface area contributed by atoms with Gasteiger partial charge >= 0.3 is 0 Å². The van der Waals surface area contributed by atoms with E-state index in [0.717, 1.165) is 9.37 Å². The van der Waals surface area contributed by atoms with E-state index in [0.29, 0.717) is 10.8 Å². The van der Waals surface area contributed by atoms with Gasteiger partial charge in [-0.05, 0) is 42.5 Å². The average molecular weight is 430 g/mol. The Balaban J connectivity index is 1.86. The number of carbonyl (C=O) groups is 2. The van der Waals surface area contributed by atoms with Crippen molar-refractivity contribution in [3.8, 4) is 5.75 Å². The van der Waals surface area contributed by atoms with Crippen LogP contribution in [0.2, 0.25) is 5.02 Å². The van der Waals surface area contributed by atoms with E-state index in [-0.39, 0.29) is 17.2 Å². The molecule has 0 heterocycles. The molecule has 5 nitrogen and oxygen atoms in total. The van der Waals surface area contributed by atoms with E-state index in [1.54, 1.807) is 12.1 Å². The number of methoxy groups -OCH3 is 1. The molecule has 0 aliphatic heterocycles. The van der Waals surface area contributed by atoms with Crippen molar-refractivity contribution in [1.82, 2.24) is 10.9 Å². The molecule has 0 aliphatic rings. The van der Waals surface area contributed by atoms with Crippen LogP contribution in [0.1, 0.15) is 10.4 Å². The number of nitrogens with one attached hydrogen (secondary N) is 2. The molecule has 0 radical (unpaired) electrons. The molecule has 2 amide bonds. The third-order valence-corrected chi connectivity index (χ3v) is 4.68. The summed E-state index contributed by atoms with van der Waals surface area (Å²) in [6.07, 6.45) is 0. The van der Waals surface area contributed by atoms with Gasteiger partial charge in [0.1, 0.15) is 5.75 Å². The Morgan fingerprint density at radius 1 is 1.17 bits per heavy atom. The Morgan fingerprint density at radius 3 is 2.54 bits per heavy atom. The molecule has 2 N–H and O–H groups in total. The SMILES string of the molecule is COc1ccc(Cl)cc1C(=O)NNC(=O)CSc1ccc(Br)cc1. The topological polar surface area (TPSA) is 67.4 Å². The number of amides is 2. The van der Waals surface area contributed by atoms with Crippen LogP contribution >= 0.6 is 39.3 Å². The molecule has 2 aromatic rings. The van der Waals surface area contributed by atoms with Gasteiger partial charge in [-0.25, -0.2) is 0 Å². The maximum atomic E-state index is 12.1. The molecule has 0 bridgehead atoms. The maximum Gasteiger partial charge on any atom is 0.273 e. The first kappa shape index (κ1) is 18.6. The van der Waals surface area contributed by atoms with Gasteiger partial charge in [0.05, 0.1) is 18.4 Å². The van der Waals surface area contributed by atoms with Crippen LogP contribution in [0.15, 0.2) is 51.8 Å². The predicted octanol–water partition coefficient (Wildman–Crippen LogP) is 3.66. The summed E-state index contributed by atoms with van der Waals surface area (Å²) in [6, 6.07) is 12.3. The summed E-state index contributed by atoms with van der Waals surface area (Å²) in [5.41, 5.74) is 4.96. The quantitative estimate of drug-likeness (QED) is 0.562. The zero-order chi connectivity index (χ0) is 17.5. The minimum atomic E-state index is -0.503. The first-order chi connectivity index (χ1) is 11.5. The molecule has 0 aromatic heterocycles. The second-order valence-corrected chi connectivity index (χ2v) is 6.99. The molecule has 2 rings (SSSR count). The van der Waals surface area contributed by atoms with Crippen LogP contribution in [-0.4, -0.2) is 24.7 Å². The smallest absolute Gasteiger partial charge is 0.273 e. The Hall–Kier alpha value is -1.70. The number of carbonyl (C=O) groups excluding carboxylic acids is 2. The first-order valence-corrected chi connectivity index (χ1v) is 8.96. The molecule has 0 aliphatic carbocycles. The molecule has 0 unspecified atom stereocenters. The summed E-state index contributed by atoms with van der Waals surface area (Å²) in [5, 5.41) is 0.401. The minimum Gasteiger partial charge on any atom is -0.496 e. The second-order valence-electron chi connectivity index (χ2n) is 4.59. The van der Waals surface area contributed by atoms with Crippen molar-refractivity contribution >= 4 is 51.1 Å². The van der Waals surface area contributed by atoms with Gasteiger partial charge in [-0.15, -0.1) is 11.8 Å². The molecule has 0 atom stereocenters. The van der Waals surface area contributed by atoms with E-state index in [1.165, 1.54) is 24.9 Å². The first-order valence-electron chi connectivity index (χ1n) is 6.80. The van der Waals surface area contributed by atoms with E-state index < -0.39 is 5.91 Å². The Labute approximate surface area is 157 Å². The van der Waals surface area contributed by atoms with Crippen LogP contribution in [-0.2, 0) is 4.79 Å². The number of thioether (sulfide) groups is 1. The third kappa shape index (κ3) is 5.43. The summed E-state index contributed by atoms with van der Waals surface area (Å²) in [6.45, 7) is 0. The summed E-state index contributed by atoms with van der Waals surface area (Å²) in [7, 11) is 1.45. The summed E-state index contributed by atoms with van der Waals surface area (Å²) in [4.78, 5) is 24.9. The van der Waals surface area contributed by atoms with E-state index in [9.17, 15) is 9.59 Å². The molecular formula is C16H14BrClN2O3S. The van der Waals surface area contributed by atoms with Crippen LogP contribution in [0, 0.1) is 0 Å². The normalized spacial score (nSPS) is 10.1. The van der Waals surface area contributed by atoms with Gasteiger partial charge in [-0.1, -0.05) is 27.5 Å². The highest BCUT2D eigenvalue weighted by atomic mass is 79.9. The molecule has 24 heavy (non-hydrogen) atoms. The summed E-state index contributed by atoms with van der Waals surface area (Å²) < 4.78 is 6.07. The zero-order valence-electron chi connectivity index (χ0n) is 12.6. The van der Waals surface area contributed by atoms with E-state index >= 15 is 0 Å². The van der Waals surface area contributed by atoms with E-state index in [4.69, 9.17) is 16.3 Å². The molecule has 0 saturated carbocycles. The van der Waals surface area contributed by atoms with E-state index in [1.807, 2.05) is 24.3 Å². The number of ether oxygens (including phenoxy) is 1. The van der Waals surface area contributed by atoms with Gasteiger partial charge in [-0.2, -0.15) is 0 Å². The van der Waals surface area contributed by atoms with Crippen LogP contribution in [0.5, 0.6) is 5.75 Å². The van der Waals surface area contributed by atoms with Crippen molar-refractivity contribution in [3.05, 3.63) is 57.5 Å². The van der Waals surface area contributed by atoms with Gasteiger partial charge < -0.3 is 4.74 Å². The number of benzene rings is 2. The highest BCUT2D eigenvalue weighted by Crippen LogP contribution is 2.22. The zero-order valence-corrected chi connectivity index (χ0v) is 15.8. The van der Waals surface area contributed by atoms with Crippen LogP contribution in [0.3, 0.4) is 0 Å². The fourth-order valence-electron chi connectivity index (χ4n) is 1.77. The molecule has 0 fully saturated rings. The van der Waals surface area contributed by atoms with Gasteiger partial charge in [0.25, 0.3) is 5.91 Å². The lowest BCUT2D eigenvalue weighted by atomic mass is 10.2. The van der Waals surface area contributed by atoms with E-state index in [2.05, 4.69) is 26.8 Å². The number of halogens is 2. The van der Waals surface area contributed by atoms with Crippen molar-refractivity contribution < 1.29 is 14.3 Å². The molecule has 126 valence electrons. The van der Waals surface area contributed by atoms with Crippen molar-refractivity contribution in [2.45, 2.75) is 4.90 Å². The Morgan fingerprint density at radius 2 is 1.88 bits per heavy atom. The standard InChI is InChI=1S/C16H14BrClN2O3S/c1-23-14-7-4-11(18)8-13(14)16(22)20-19-15(21)9-24-12-5-2-10(17)3-6-12/h2-8H,9H2,1H3,(H,19,21)(H,20,22). The highest BCUT2D eigenvalue weighted by Gasteiger charge is 2.13. The molecule has 8 heteroatoms. The Bertz CT molecular complexity index is 741. The number of hydrogen-bond acceptors (Lipinski definition) is 4. The lowest BCUT2D eigenvalue weighted by Crippen LogP contribution is -2.42. The number of hydrazine groups is 1. The van der Waals surface area contributed by atoms with Crippen LogP contribution in [0.25, 0.3) is 0 Å². The molecular weight excluding hydrogens is 416 g/mol. The number of rotatable bonds is 5. The Kier molecular flexibility index (Phi) is 6.96. The largest absolute Gasteiger partial charge is 0.496 e. The van der Waals surface area contributed by atoms with Gasteiger partial charge in [0.15, 0.2) is 0 Å². The van der Waals surface area contributed by atoms with Crippen LogP contribution < -0.4 is 15.6 Å². The van der Waals surface area contributed by atoms with Crippen molar-refractivity contribution in [1.29, 1.82) is 0 Å². The lowest BCUT2D eigenvalue weighted by molar-refractivity contribution is -0.119. The fraction of sp³-hybridized carbons (Fsp3) is 0.125. The maximum absolute atomic E-state index is 12.1. The second kappa shape index (κ2) is 8.96. The molecule has 2 aromatic carbocycles. The average Bonchev–Trinajstić information content (AvgIpc) is 2.59. The predicted molar refractivity (Wildman–Crippen MR) is 98.5 cm³/mol. The fourth-order valence-corrected chi connectivity index (χ4v) is 2.90. The third-order valence-electron chi connectivity index (χ3n) is 2.91.